The number of carbonyl (C=O) groups excluding carboxylic acids is 1. The predicted octanol–water partition coefficient (Wildman–Crippen LogP) is 2.47. The Labute approximate surface area is 137 Å². The van der Waals surface area contributed by atoms with Gasteiger partial charge in [0, 0.05) is 44.6 Å². The third-order valence-corrected chi connectivity index (χ3v) is 4.59. The predicted molar refractivity (Wildman–Crippen MR) is 89.5 cm³/mol. The molecule has 0 atom stereocenters. The summed E-state index contributed by atoms with van der Waals surface area (Å²) in [5.74, 6) is -0.263. The Morgan fingerprint density at radius 1 is 1.13 bits per heavy atom. The Hall–Kier alpha value is -1.43. The Morgan fingerprint density at radius 3 is 2.35 bits per heavy atom. The molecule has 2 aliphatic rings. The van der Waals surface area contributed by atoms with Crippen molar-refractivity contribution in [3.05, 3.63) is 29.3 Å². The molecule has 0 aliphatic carbocycles. The van der Waals surface area contributed by atoms with E-state index >= 15 is 0 Å². The number of likely N-dealkylation sites (tertiary alicyclic amines) is 1. The highest BCUT2D eigenvalue weighted by Gasteiger charge is 2.39. The number of hydrogen-bond donors (Lipinski definition) is 1. The highest BCUT2D eigenvalue weighted by Crippen LogP contribution is 2.31. The van der Waals surface area contributed by atoms with Gasteiger partial charge in [-0.25, -0.2) is 0 Å². The highest BCUT2D eigenvalue weighted by molar-refractivity contribution is 5.91. The summed E-state index contributed by atoms with van der Waals surface area (Å²) in [6.45, 7) is 8.13. The molecule has 0 saturated carbocycles. The first-order valence-corrected chi connectivity index (χ1v) is 8.43. The summed E-state index contributed by atoms with van der Waals surface area (Å²) in [4.78, 5) is 14.5. The molecular weight excluding hydrogens is 292 g/mol. The normalized spacial score (nSPS) is 20.8. The second kappa shape index (κ2) is 6.99. The highest BCUT2D eigenvalue weighted by atomic mass is 16.7. The van der Waals surface area contributed by atoms with Gasteiger partial charge in [0.1, 0.15) is 0 Å². The lowest BCUT2D eigenvalue weighted by Gasteiger charge is -2.37. The number of anilines is 1. The fourth-order valence-electron chi connectivity index (χ4n) is 3.43. The van der Waals surface area contributed by atoms with E-state index in [1.54, 1.807) is 0 Å². The van der Waals surface area contributed by atoms with Gasteiger partial charge >= 0.3 is 0 Å². The molecule has 0 unspecified atom stereocenters. The maximum Gasteiger partial charge on any atom is 0.225 e. The molecule has 1 aromatic carbocycles. The molecule has 1 spiro atoms. The molecular formula is C18H26N2O3. The van der Waals surface area contributed by atoms with Crippen LogP contribution in [0, 0.1) is 13.8 Å². The van der Waals surface area contributed by atoms with Crippen molar-refractivity contribution in [3.63, 3.8) is 0 Å². The van der Waals surface area contributed by atoms with E-state index in [-0.39, 0.29) is 11.7 Å². The summed E-state index contributed by atoms with van der Waals surface area (Å²) in [5.41, 5.74) is 3.22. The summed E-state index contributed by atoms with van der Waals surface area (Å²) in [6.07, 6.45) is 2.30. The number of piperidine rings is 1. The van der Waals surface area contributed by atoms with E-state index in [1.807, 2.05) is 26.0 Å². The molecule has 5 heteroatoms. The second-order valence-electron chi connectivity index (χ2n) is 6.62. The van der Waals surface area contributed by atoms with Gasteiger partial charge in [0.25, 0.3) is 0 Å². The molecule has 0 bridgehead atoms. The minimum absolute atomic E-state index is 0.0728. The molecule has 23 heavy (non-hydrogen) atoms. The molecule has 2 saturated heterocycles. The molecule has 2 aliphatic heterocycles. The van der Waals surface area contributed by atoms with Crippen LogP contribution in [0.1, 0.15) is 30.4 Å². The molecule has 3 rings (SSSR count). The third-order valence-electron chi connectivity index (χ3n) is 4.59. The number of benzene rings is 1. The molecule has 1 amide bonds. The number of ether oxygens (including phenoxy) is 2. The van der Waals surface area contributed by atoms with Gasteiger partial charge in [0.15, 0.2) is 5.79 Å². The van der Waals surface area contributed by atoms with Crippen LogP contribution in [0.3, 0.4) is 0 Å². The van der Waals surface area contributed by atoms with Crippen LogP contribution in [0.4, 0.5) is 5.69 Å². The summed E-state index contributed by atoms with van der Waals surface area (Å²) >= 11 is 0. The molecule has 2 fully saturated rings. The third kappa shape index (κ3) is 4.31. The summed E-state index contributed by atoms with van der Waals surface area (Å²) in [7, 11) is 0. The Balaban J connectivity index is 1.42. The number of aryl methyl sites for hydroxylation is 2. The zero-order chi connectivity index (χ0) is 16.3. The standard InChI is InChI=1S/C18H26N2O3/c1-14-11-15(2)13-16(12-14)19-17(21)3-6-20-7-4-18(5-8-20)22-9-10-23-18/h11-13H,3-10H2,1-2H3,(H,19,21). The first-order chi connectivity index (χ1) is 11.0. The van der Waals surface area contributed by atoms with Crippen LogP contribution in [0.15, 0.2) is 18.2 Å². The molecule has 126 valence electrons. The van der Waals surface area contributed by atoms with Crippen molar-refractivity contribution in [1.29, 1.82) is 0 Å². The van der Waals surface area contributed by atoms with Crippen molar-refractivity contribution in [3.8, 4) is 0 Å². The molecule has 5 nitrogen and oxygen atoms in total. The Kier molecular flexibility index (Phi) is 4.99. The number of nitrogens with zero attached hydrogens (tertiary/aromatic N) is 1. The van der Waals surface area contributed by atoms with Crippen LogP contribution >= 0.6 is 0 Å². The first-order valence-electron chi connectivity index (χ1n) is 8.43. The zero-order valence-corrected chi connectivity index (χ0v) is 14.1. The van der Waals surface area contributed by atoms with Crippen molar-refractivity contribution in [2.75, 3.05) is 38.2 Å². The SMILES string of the molecule is Cc1cc(C)cc(NC(=O)CCN2CCC3(CC2)OCCO3)c1. The Morgan fingerprint density at radius 2 is 1.74 bits per heavy atom. The van der Waals surface area contributed by atoms with E-state index in [0.717, 1.165) is 49.3 Å². The van der Waals surface area contributed by atoms with E-state index in [2.05, 4.69) is 16.3 Å². The van der Waals surface area contributed by atoms with Crippen molar-refractivity contribution in [1.82, 2.24) is 4.90 Å². The van der Waals surface area contributed by atoms with Gasteiger partial charge in [-0.15, -0.1) is 0 Å². The van der Waals surface area contributed by atoms with Crippen LogP contribution in [-0.4, -0.2) is 49.4 Å². The number of hydrogen-bond acceptors (Lipinski definition) is 4. The van der Waals surface area contributed by atoms with Crippen LogP contribution < -0.4 is 5.32 Å². The van der Waals surface area contributed by atoms with Crippen molar-refractivity contribution in [2.24, 2.45) is 0 Å². The van der Waals surface area contributed by atoms with E-state index < -0.39 is 0 Å². The number of amides is 1. The van der Waals surface area contributed by atoms with E-state index in [1.165, 1.54) is 0 Å². The topological polar surface area (TPSA) is 50.8 Å². The van der Waals surface area contributed by atoms with E-state index in [0.29, 0.717) is 19.6 Å². The average molecular weight is 318 g/mol. The Bertz CT molecular complexity index is 537. The maximum absolute atomic E-state index is 12.1. The molecule has 2 heterocycles. The monoisotopic (exact) mass is 318 g/mol. The quantitative estimate of drug-likeness (QED) is 0.926. The lowest BCUT2D eigenvalue weighted by Crippen LogP contribution is -2.45. The van der Waals surface area contributed by atoms with Crippen molar-refractivity contribution in [2.45, 2.75) is 38.9 Å². The average Bonchev–Trinajstić information content (AvgIpc) is 2.94. The van der Waals surface area contributed by atoms with Gasteiger partial charge in [-0.1, -0.05) is 6.07 Å². The second-order valence-corrected chi connectivity index (χ2v) is 6.62. The fraction of sp³-hybridized carbons (Fsp3) is 0.611. The van der Waals surface area contributed by atoms with Gasteiger partial charge in [-0.3, -0.25) is 4.79 Å². The van der Waals surface area contributed by atoms with Gasteiger partial charge in [-0.05, 0) is 37.1 Å². The minimum atomic E-state index is -0.335. The smallest absolute Gasteiger partial charge is 0.225 e. The first kappa shape index (κ1) is 16.4. The summed E-state index contributed by atoms with van der Waals surface area (Å²) < 4.78 is 11.5. The van der Waals surface area contributed by atoms with Gasteiger partial charge in [0.2, 0.25) is 5.91 Å². The van der Waals surface area contributed by atoms with Crippen LogP contribution in [0.2, 0.25) is 0 Å². The van der Waals surface area contributed by atoms with Crippen LogP contribution in [-0.2, 0) is 14.3 Å². The molecule has 0 radical (unpaired) electrons. The molecule has 0 aromatic heterocycles. The van der Waals surface area contributed by atoms with Crippen LogP contribution in [0.5, 0.6) is 0 Å². The summed E-state index contributed by atoms with van der Waals surface area (Å²) in [6, 6.07) is 6.11. The lowest BCUT2D eigenvalue weighted by atomic mass is 10.0. The van der Waals surface area contributed by atoms with Gasteiger partial charge < -0.3 is 19.7 Å². The molecule has 1 aromatic rings. The minimum Gasteiger partial charge on any atom is -0.347 e. The largest absolute Gasteiger partial charge is 0.347 e. The number of carbonyl (C=O) groups is 1. The summed E-state index contributed by atoms with van der Waals surface area (Å²) in [5, 5.41) is 3.00. The number of nitrogens with one attached hydrogen (secondary N) is 1. The van der Waals surface area contributed by atoms with Crippen molar-refractivity contribution >= 4 is 11.6 Å². The van der Waals surface area contributed by atoms with E-state index in [9.17, 15) is 4.79 Å². The lowest BCUT2D eigenvalue weighted by molar-refractivity contribution is -0.185. The maximum atomic E-state index is 12.1. The number of rotatable bonds is 4. The fourth-order valence-corrected chi connectivity index (χ4v) is 3.43. The van der Waals surface area contributed by atoms with Crippen molar-refractivity contribution < 1.29 is 14.3 Å². The van der Waals surface area contributed by atoms with Gasteiger partial charge in [0.05, 0.1) is 13.2 Å². The van der Waals surface area contributed by atoms with E-state index in [4.69, 9.17) is 9.47 Å². The van der Waals surface area contributed by atoms with Crippen LogP contribution in [0.25, 0.3) is 0 Å². The molecule has 1 N–H and O–H groups in total. The van der Waals surface area contributed by atoms with Gasteiger partial charge in [-0.2, -0.15) is 0 Å². The zero-order valence-electron chi connectivity index (χ0n) is 14.1.